The summed E-state index contributed by atoms with van der Waals surface area (Å²) in [6, 6.07) is 4.76. The predicted molar refractivity (Wildman–Crippen MR) is 121 cm³/mol. The van der Waals surface area contributed by atoms with E-state index in [2.05, 4.69) is 20.8 Å². The van der Waals surface area contributed by atoms with Crippen molar-refractivity contribution in [1.82, 2.24) is 0 Å². The number of fused-ring (bicyclic) bond motifs is 1. The number of aliphatic hydroxyl groups is 2. The van der Waals surface area contributed by atoms with E-state index in [1.54, 1.807) is 6.08 Å². The lowest BCUT2D eigenvalue weighted by molar-refractivity contribution is -0.137. The van der Waals surface area contributed by atoms with Crippen LogP contribution in [0.25, 0.3) is 0 Å². The fourth-order valence-electron chi connectivity index (χ4n) is 4.25. The van der Waals surface area contributed by atoms with E-state index >= 15 is 0 Å². The summed E-state index contributed by atoms with van der Waals surface area (Å²) in [5.41, 5.74) is -0.782. The number of alkyl halides is 3. The van der Waals surface area contributed by atoms with Crippen molar-refractivity contribution in [3.05, 3.63) is 42.0 Å². The molecule has 0 amide bonds. The maximum Gasteiger partial charge on any atom is 0.416 e. The third kappa shape index (κ3) is 6.39. The van der Waals surface area contributed by atoms with Gasteiger partial charge in [0.1, 0.15) is 5.75 Å². The maximum atomic E-state index is 13.1. The third-order valence-corrected chi connectivity index (χ3v) is 11.6. The molecule has 9 heteroatoms. The van der Waals surface area contributed by atoms with Crippen LogP contribution in [0.3, 0.4) is 0 Å². The summed E-state index contributed by atoms with van der Waals surface area (Å²) >= 11 is 0. The molecule has 3 rings (SSSR count). The molecule has 0 bridgehead atoms. The number of benzene rings is 1. The second-order valence-electron chi connectivity index (χ2n) is 10.5. The van der Waals surface area contributed by atoms with Gasteiger partial charge in [0, 0.05) is 12.8 Å². The van der Waals surface area contributed by atoms with Crippen molar-refractivity contribution in [2.45, 2.75) is 89.1 Å². The summed E-state index contributed by atoms with van der Waals surface area (Å²) in [7, 11) is -2.30. The van der Waals surface area contributed by atoms with E-state index in [9.17, 15) is 23.4 Å². The van der Waals surface area contributed by atoms with Crippen molar-refractivity contribution in [1.29, 1.82) is 0 Å². The van der Waals surface area contributed by atoms with Gasteiger partial charge in [0.2, 0.25) is 6.29 Å². The van der Waals surface area contributed by atoms with Gasteiger partial charge in [-0.3, -0.25) is 0 Å². The lowest BCUT2D eigenvalue weighted by atomic mass is 9.89. The van der Waals surface area contributed by atoms with Gasteiger partial charge < -0.3 is 24.1 Å². The molecule has 1 heterocycles. The lowest BCUT2D eigenvalue weighted by Crippen LogP contribution is -2.45. The Balaban J connectivity index is 1.76. The minimum Gasteiger partial charge on any atom is -0.462 e. The van der Waals surface area contributed by atoms with Gasteiger partial charge in [-0.25, -0.2) is 0 Å². The molecule has 2 unspecified atom stereocenters. The highest BCUT2D eigenvalue weighted by atomic mass is 28.4. The molecule has 2 fully saturated rings. The van der Waals surface area contributed by atoms with Gasteiger partial charge in [0.05, 0.1) is 17.8 Å². The molecule has 186 valence electrons. The first-order chi connectivity index (χ1) is 15.2. The fourth-order valence-corrected chi connectivity index (χ4v) is 5.31. The molecule has 5 nitrogen and oxygen atoms in total. The number of ether oxygens (including phenoxy) is 2. The van der Waals surface area contributed by atoms with Crippen LogP contribution in [0.1, 0.15) is 45.6 Å². The second kappa shape index (κ2) is 9.69. The summed E-state index contributed by atoms with van der Waals surface area (Å²) in [6.45, 7) is 10.3. The van der Waals surface area contributed by atoms with E-state index in [4.69, 9.17) is 13.9 Å². The van der Waals surface area contributed by atoms with E-state index in [-0.39, 0.29) is 28.7 Å². The molecule has 0 spiro atoms. The number of rotatable bonds is 7. The Hall–Kier alpha value is -1.39. The molecule has 33 heavy (non-hydrogen) atoms. The smallest absolute Gasteiger partial charge is 0.416 e. The first-order valence-electron chi connectivity index (χ1n) is 11.4. The van der Waals surface area contributed by atoms with Gasteiger partial charge in [-0.05, 0) is 60.7 Å². The average molecular weight is 489 g/mol. The average Bonchev–Trinajstić information content (AvgIpc) is 3.15. The van der Waals surface area contributed by atoms with Gasteiger partial charge in [0.15, 0.2) is 14.6 Å². The van der Waals surface area contributed by atoms with E-state index in [1.165, 1.54) is 12.1 Å². The Morgan fingerprint density at radius 1 is 1.18 bits per heavy atom. The van der Waals surface area contributed by atoms with Crippen molar-refractivity contribution in [3.63, 3.8) is 0 Å². The van der Waals surface area contributed by atoms with Gasteiger partial charge in [-0.1, -0.05) is 32.9 Å². The Bertz CT molecular complexity index is 836. The molecular formula is C24H35F3O5Si. The normalized spacial score (nSPS) is 29.5. The molecule has 1 aromatic rings. The standard InChI is InChI=1S/C24H35F3O5Si/c1-23(2,3)33(4,5)32-22(30-16-9-6-8-15(12-16)24(25,26)27)11-7-10-17-18-13-21(29)31-20(18)14-19(17)28/h6-9,11-12,17-22,28-29H,10,13-14H2,1-5H3/t17-,18-,19-,20+,21?,22?/m1/s1. The highest BCUT2D eigenvalue weighted by molar-refractivity contribution is 6.74. The minimum absolute atomic E-state index is 0.0644. The lowest BCUT2D eigenvalue weighted by Gasteiger charge is -2.38. The van der Waals surface area contributed by atoms with Crippen LogP contribution in [0.4, 0.5) is 13.2 Å². The van der Waals surface area contributed by atoms with Crippen LogP contribution in [0.5, 0.6) is 5.75 Å². The summed E-state index contributed by atoms with van der Waals surface area (Å²) in [5, 5.41) is 20.1. The molecule has 0 radical (unpaired) electrons. The Labute approximate surface area is 194 Å². The summed E-state index contributed by atoms with van der Waals surface area (Å²) in [4.78, 5) is 0. The van der Waals surface area contributed by atoms with E-state index < -0.39 is 38.7 Å². The van der Waals surface area contributed by atoms with Gasteiger partial charge in [-0.2, -0.15) is 13.2 Å². The van der Waals surface area contributed by atoms with E-state index in [0.717, 1.165) is 12.1 Å². The Morgan fingerprint density at radius 3 is 2.52 bits per heavy atom. The summed E-state index contributed by atoms with van der Waals surface area (Å²) < 4.78 is 57.1. The molecule has 2 aliphatic rings. The topological polar surface area (TPSA) is 68.2 Å². The van der Waals surface area contributed by atoms with Crippen LogP contribution in [0.2, 0.25) is 18.1 Å². The molecule has 2 N–H and O–H groups in total. The maximum absolute atomic E-state index is 13.1. The molecule has 1 aliphatic heterocycles. The summed E-state index contributed by atoms with van der Waals surface area (Å²) in [6.07, 6.45) is -1.72. The van der Waals surface area contributed by atoms with Gasteiger partial charge >= 0.3 is 6.18 Å². The fraction of sp³-hybridized carbons (Fsp3) is 0.667. The third-order valence-electron chi connectivity index (χ3n) is 7.13. The molecule has 1 saturated heterocycles. The van der Waals surface area contributed by atoms with E-state index in [1.807, 2.05) is 19.2 Å². The largest absolute Gasteiger partial charge is 0.462 e. The van der Waals surface area contributed by atoms with E-state index in [0.29, 0.717) is 19.3 Å². The van der Waals surface area contributed by atoms with Crippen molar-refractivity contribution in [2.24, 2.45) is 11.8 Å². The van der Waals surface area contributed by atoms with Crippen molar-refractivity contribution in [2.75, 3.05) is 0 Å². The second-order valence-corrected chi connectivity index (χ2v) is 15.3. The van der Waals surface area contributed by atoms with Crippen LogP contribution in [0.15, 0.2) is 36.4 Å². The summed E-state index contributed by atoms with van der Waals surface area (Å²) in [5.74, 6) is 0.0840. The molecule has 6 atom stereocenters. The zero-order chi connectivity index (χ0) is 24.6. The first kappa shape index (κ1) is 26.2. The van der Waals surface area contributed by atoms with Crippen molar-refractivity contribution < 1.29 is 37.3 Å². The van der Waals surface area contributed by atoms with Gasteiger partial charge in [-0.15, -0.1) is 0 Å². The van der Waals surface area contributed by atoms with Crippen LogP contribution in [0, 0.1) is 11.8 Å². The molecule has 1 aromatic carbocycles. The molecule has 1 aliphatic carbocycles. The molecule has 0 aromatic heterocycles. The number of hydrogen-bond donors (Lipinski definition) is 2. The van der Waals surface area contributed by atoms with Gasteiger partial charge in [0.25, 0.3) is 0 Å². The Kier molecular flexibility index (Phi) is 7.70. The van der Waals surface area contributed by atoms with Crippen molar-refractivity contribution in [3.8, 4) is 5.75 Å². The quantitative estimate of drug-likeness (QED) is 0.302. The molecular weight excluding hydrogens is 453 g/mol. The zero-order valence-electron chi connectivity index (χ0n) is 19.8. The number of allylic oxidation sites excluding steroid dienone is 1. The highest BCUT2D eigenvalue weighted by Crippen LogP contribution is 2.44. The first-order valence-corrected chi connectivity index (χ1v) is 14.3. The SMILES string of the molecule is CC(C)(C)[Si](C)(C)OC(C=CC[C@@H]1[C@H]2CC(O)O[C@H]2C[C@H]1O)Oc1cccc(C(F)(F)F)c1. The van der Waals surface area contributed by atoms with Crippen LogP contribution in [-0.4, -0.2) is 43.3 Å². The van der Waals surface area contributed by atoms with Crippen LogP contribution < -0.4 is 4.74 Å². The van der Waals surface area contributed by atoms with Crippen LogP contribution >= 0.6 is 0 Å². The Morgan fingerprint density at radius 2 is 1.88 bits per heavy atom. The van der Waals surface area contributed by atoms with Crippen molar-refractivity contribution >= 4 is 8.32 Å². The zero-order valence-corrected chi connectivity index (χ0v) is 20.8. The molecule has 1 saturated carbocycles. The predicted octanol–water partition coefficient (Wildman–Crippen LogP) is 5.48. The van der Waals surface area contributed by atoms with Crippen LogP contribution in [-0.2, 0) is 15.3 Å². The highest BCUT2D eigenvalue weighted by Gasteiger charge is 2.48. The minimum atomic E-state index is -4.46. The number of hydrogen-bond acceptors (Lipinski definition) is 5. The number of halogens is 3. The monoisotopic (exact) mass is 488 g/mol. The number of aliphatic hydroxyl groups excluding tert-OH is 2.